The molecule has 0 unspecified atom stereocenters. The lowest BCUT2D eigenvalue weighted by Crippen LogP contribution is -1.99. The van der Waals surface area contributed by atoms with E-state index in [-0.39, 0.29) is 0 Å². The lowest BCUT2D eigenvalue weighted by Gasteiger charge is -2.05. The summed E-state index contributed by atoms with van der Waals surface area (Å²) in [7, 11) is 1.53. The van der Waals surface area contributed by atoms with Crippen molar-refractivity contribution in [1.82, 2.24) is 0 Å². The Morgan fingerprint density at radius 2 is 2.05 bits per heavy atom. The lowest BCUT2D eigenvalue weighted by atomic mass is 10.00. The molecule has 98 valence electrons. The number of hydrogen-bond donors (Lipinski definition) is 0. The van der Waals surface area contributed by atoms with Crippen molar-refractivity contribution in [2.45, 2.75) is 25.7 Å². The van der Waals surface area contributed by atoms with Gasteiger partial charge in [-0.25, -0.2) is 0 Å². The van der Waals surface area contributed by atoms with E-state index in [9.17, 15) is 0 Å². The summed E-state index contributed by atoms with van der Waals surface area (Å²) in [4.78, 5) is 4.86. The maximum atomic E-state index is 5.88. The summed E-state index contributed by atoms with van der Waals surface area (Å²) in [5.74, 6) is 6.28. The van der Waals surface area contributed by atoms with Crippen LogP contribution >= 0.6 is 11.6 Å². The minimum absolute atomic E-state index is 0.630. The molecular weight excluding hydrogens is 258 g/mol. The summed E-state index contributed by atoms with van der Waals surface area (Å²) in [5.41, 5.74) is 2.74. The first-order chi connectivity index (χ1) is 9.29. The van der Waals surface area contributed by atoms with E-state index in [1.165, 1.54) is 25.5 Å². The van der Waals surface area contributed by atoms with Gasteiger partial charge in [0, 0.05) is 10.6 Å². The zero-order valence-corrected chi connectivity index (χ0v) is 11.7. The van der Waals surface area contributed by atoms with Crippen molar-refractivity contribution < 1.29 is 4.84 Å². The van der Waals surface area contributed by atoms with Crippen molar-refractivity contribution in [2.75, 3.05) is 7.11 Å². The first kappa shape index (κ1) is 13.7. The van der Waals surface area contributed by atoms with E-state index in [0.29, 0.717) is 10.7 Å². The van der Waals surface area contributed by atoms with Gasteiger partial charge in [0.2, 0.25) is 0 Å². The summed E-state index contributed by atoms with van der Waals surface area (Å²) in [6.07, 6.45) is 6.89. The van der Waals surface area contributed by atoms with Gasteiger partial charge in [0.05, 0.1) is 0 Å². The van der Waals surface area contributed by atoms with Crippen molar-refractivity contribution in [2.24, 2.45) is 5.16 Å². The Bertz CT molecular complexity index is 546. The fourth-order valence-corrected chi connectivity index (χ4v) is 2.06. The molecule has 0 aliphatic heterocycles. The topological polar surface area (TPSA) is 21.6 Å². The van der Waals surface area contributed by atoms with E-state index in [1.807, 2.05) is 24.3 Å². The molecule has 0 saturated carbocycles. The van der Waals surface area contributed by atoms with Gasteiger partial charge < -0.3 is 4.84 Å². The van der Waals surface area contributed by atoms with Gasteiger partial charge in [-0.05, 0) is 49.3 Å². The maximum absolute atomic E-state index is 5.88. The summed E-state index contributed by atoms with van der Waals surface area (Å²) >= 11 is 5.88. The molecule has 0 fully saturated rings. The average Bonchev–Trinajstić information content (AvgIpc) is 2.46. The third kappa shape index (κ3) is 4.15. The van der Waals surface area contributed by atoms with Crippen LogP contribution in [0.25, 0.3) is 0 Å². The van der Waals surface area contributed by atoms with Crippen LogP contribution in [-0.4, -0.2) is 12.8 Å². The molecule has 0 spiro atoms. The van der Waals surface area contributed by atoms with Gasteiger partial charge in [-0.2, -0.15) is 0 Å². The van der Waals surface area contributed by atoms with Crippen LogP contribution in [0.4, 0.5) is 0 Å². The zero-order chi connectivity index (χ0) is 13.5. The molecule has 1 aromatic rings. The second kappa shape index (κ2) is 7.01. The molecule has 0 aromatic heterocycles. The van der Waals surface area contributed by atoms with Gasteiger partial charge in [-0.1, -0.05) is 40.9 Å². The van der Waals surface area contributed by atoms with E-state index in [1.54, 1.807) is 0 Å². The average molecular weight is 274 g/mol. The Morgan fingerprint density at radius 3 is 2.68 bits per heavy atom. The molecule has 2 rings (SSSR count). The van der Waals surface area contributed by atoms with Crippen LogP contribution in [0.1, 0.15) is 31.2 Å². The van der Waals surface area contributed by atoms with E-state index in [0.717, 1.165) is 18.4 Å². The highest BCUT2D eigenvalue weighted by molar-refractivity contribution is 6.30. The van der Waals surface area contributed by atoms with Crippen molar-refractivity contribution in [1.29, 1.82) is 0 Å². The lowest BCUT2D eigenvalue weighted by molar-refractivity contribution is 0.214. The summed E-state index contributed by atoms with van der Waals surface area (Å²) in [5, 5.41) is 4.68. The first-order valence-corrected chi connectivity index (χ1v) is 6.75. The predicted octanol–water partition coefficient (Wildman–Crippen LogP) is 4.19. The summed E-state index contributed by atoms with van der Waals surface area (Å²) in [6.45, 7) is 0. The first-order valence-electron chi connectivity index (χ1n) is 6.38. The van der Waals surface area contributed by atoms with Gasteiger partial charge in [0.1, 0.15) is 7.11 Å². The molecule has 1 aliphatic carbocycles. The monoisotopic (exact) mass is 273 g/mol. The normalized spacial score (nSPS) is 15.3. The number of oxime groups is 1. The molecule has 0 atom stereocenters. The largest absolute Gasteiger partial charge is 0.398 e. The second-order valence-corrected chi connectivity index (χ2v) is 4.79. The quantitative estimate of drug-likeness (QED) is 0.450. The second-order valence-electron chi connectivity index (χ2n) is 4.35. The number of benzene rings is 1. The number of allylic oxidation sites excluding steroid dienone is 2. The molecule has 3 heteroatoms. The molecule has 1 aromatic carbocycles. The minimum atomic E-state index is 0.630. The van der Waals surface area contributed by atoms with E-state index in [4.69, 9.17) is 16.4 Å². The minimum Gasteiger partial charge on any atom is -0.398 e. The number of halogens is 1. The Labute approximate surface area is 119 Å². The SMILES string of the molecule is CO/N=C(/C#CC1=CCCCC1)c1ccc(Cl)cc1. The van der Waals surface area contributed by atoms with Gasteiger partial charge in [0.25, 0.3) is 0 Å². The van der Waals surface area contributed by atoms with Crippen molar-refractivity contribution >= 4 is 17.3 Å². The Balaban J connectivity index is 2.22. The van der Waals surface area contributed by atoms with Gasteiger partial charge in [-0.15, -0.1) is 0 Å². The van der Waals surface area contributed by atoms with Gasteiger partial charge in [-0.3, -0.25) is 0 Å². The molecule has 0 bridgehead atoms. The predicted molar refractivity (Wildman–Crippen MR) is 79.3 cm³/mol. The van der Waals surface area contributed by atoms with Crippen LogP contribution in [0, 0.1) is 11.8 Å². The molecule has 0 heterocycles. The number of rotatable bonds is 2. The molecular formula is C16H16ClNO. The van der Waals surface area contributed by atoms with Crippen LogP contribution in [-0.2, 0) is 4.84 Å². The highest BCUT2D eigenvalue weighted by atomic mass is 35.5. The Kier molecular flexibility index (Phi) is 5.06. The fraction of sp³-hybridized carbons (Fsp3) is 0.312. The smallest absolute Gasteiger partial charge is 0.160 e. The van der Waals surface area contributed by atoms with E-state index in [2.05, 4.69) is 23.1 Å². The highest BCUT2D eigenvalue weighted by Gasteiger charge is 2.03. The molecule has 0 saturated heterocycles. The number of nitrogens with zero attached hydrogens (tertiary/aromatic N) is 1. The van der Waals surface area contributed by atoms with Crippen LogP contribution in [0.2, 0.25) is 5.02 Å². The third-order valence-electron chi connectivity index (χ3n) is 2.93. The Hall–Kier alpha value is -1.72. The van der Waals surface area contributed by atoms with E-state index >= 15 is 0 Å². The van der Waals surface area contributed by atoms with E-state index < -0.39 is 0 Å². The Morgan fingerprint density at radius 1 is 1.26 bits per heavy atom. The third-order valence-corrected chi connectivity index (χ3v) is 3.18. The van der Waals surface area contributed by atoms with Gasteiger partial charge >= 0.3 is 0 Å². The fourth-order valence-electron chi connectivity index (χ4n) is 1.94. The molecule has 19 heavy (non-hydrogen) atoms. The van der Waals surface area contributed by atoms with Crippen LogP contribution in [0.15, 0.2) is 41.1 Å². The number of hydrogen-bond acceptors (Lipinski definition) is 2. The van der Waals surface area contributed by atoms with Crippen molar-refractivity contribution in [3.63, 3.8) is 0 Å². The molecule has 1 aliphatic rings. The summed E-state index contributed by atoms with van der Waals surface area (Å²) in [6, 6.07) is 7.43. The van der Waals surface area contributed by atoms with Crippen LogP contribution in [0.3, 0.4) is 0 Å². The van der Waals surface area contributed by atoms with Crippen molar-refractivity contribution in [3.8, 4) is 11.8 Å². The molecule has 0 N–H and O–H groups in total. The van der Waals surface area contributed by atoms with Gasteiger partial charge in [0.15, 0.2) is 5.71 Å². The van der Waals surface area contributed by atoms with Crippen molar-refractivity contribution in [3.05, 3.63) is 46.5 Å². The standard InChI is InChI=1S/C16H16ClNO/c1-19-18-16(14-8-10-15(17)11-9-14)12-7-13-5-3-2-4-6-13/h5,8-11H,2-4,6H2,1H3/b18-16-. The molecule has 2 nitrogen and oxygen atoms in total. The maximum Gasteiger partial charge on any atom is 0.160 e. The molecule has 0 amide bonds. The summed E-state index contributed by atoms with van der Waals surface area (Å²) < 4.78 is 0. The van der Waals surface area contributed by atoms with Crippen LogP contribution in [0.5, 0.6) is 0 Å². The molecule has 0 radical (unpaired) electrons. The van der Waals surface area contributed by atoms with Crippen LogP contribution < -0.4 is 0 Å². The highest BCUT2D eigenvalue weighted by Crippen LogP contribution is 2.16. The zero-order valence-electron chi connectivity index (χ0n) is 10.9.